The molecule has 4 rings (SSSR count). The molecule has 0 saturated heterocycles. The largest absolute Gasteiger partial charge is 0.466 e. The van der Waals surface area contributed by atoms with Gasteiger partial charge in [-0.2, -0.15) is 0 Å². The van der Waals surface area contributed by atoms with Crippen molar-refractivity contribution in [2.75, 3.05) is 6.61 Å². The van der Waals surface area contributed by atoms with Crippen LogP contribution < -0.4 is 0 Å². The number of esters is 2. The Morgan fingerprint density at radius 1 is 1.14 bits per heavy atom. The second kappa shape index (κ2) is 10.8. The third-order valence-corrected chi connectivity index (χ3v) is 6.57. The zero-order chi connectivity index (χ0) is 26.6. The Balaban J connectivity index is 1.55. The first-order valence-corrected chi connectivity index (χ1v) is 11.9. The number of hydrogen-bond donors (Lipinski definition) is 0. The lowest BCUT2D eigenvalue weighted by Gasteiger charge is -2.27. The minimum atomic E-state index is -0.919. The number of rotatable bonds is 8. The number of nitro benzene ring substituents is 1. The van der Waals surface area contributed by atoms with Crippen molar-refractivity contribution in [2.45, 2.75) is 39.2 Å². The Labute approximate surface area is 212 Å². The molecule has 1 fully saturated rings. The first-order valence-electron chi connectivity index (χ1n) is 11.9. The summed E-state index contributed by atoms with van der Waals surface area (Å²) in [4.78, 5) is 44.4. The lowest BCUT2D eigenvalue weighted by Crippen LogP contribution is -2.34. The molecule has 0 unspecified atom stereocenters. The van der Waals surface area contributed by atoms with E-state index in [-0.39, 0.29) is 36.2 Å². The molecule has 0 radical (unpaired) electrons. The Bertz CT molecular complexity index is 1300. The Hall–Kier alpha value is -4.21. The van der Waals surface area contributed by atoms with Gasteiger partial charge in [-0.05, 0) is 49.4 Å². The van der Waals surface area contributed by atoms with Gasteiger partial charge in [-0.3, -0.25) is 14.9 Å². The molecule has 1 heterocycles. The first-order chi connectivity index (χ1) is 17.7. The van der Waals surface area contributed by atoms with Gasteiger partial charge in [0.1, 0.15) is 6.10 Å². The molecule has 10 heteroatoms. The van der Waals surface area contributed by atoms with E-state index in [0.717, 1.165) is 18.0 Å². The summed E-state index contributed by atoms with van der Waals surface area (Å²) in [6.07, 6.45) is 2.70. The topological polar surface area (TPSA) is 122 Å². The highest BCUT2D eigenvalue weighted by molar-refractivity contribution is 5.90. The molecule has 0 N–H and O–H groups in total. The summed E-state index contributed by atoms with van der Waals surface area (Å²) in [6, 6.07) is 12.6. The molecule has 2 aromatic carbocycles. The fourth-order valence-corrected chi connectivity index (χ4v) is 4.84. The summed E-state index contributed by atoms with van der Waals surface area (Å²) < 4.78 is 24.5. The van der Waals surface area contributed by atoms with Crippen molar-refractivity contribution >= 4 is 17.6 Å². The third kappa shape index (κ3) is 5.79. The Kier molecular flexibility index (Phi) is 7.56. The van der Waals surface area contributed by atoms with Crippen LogP contribution in [0.25, 0.3) is 11.4 Å². The molecule has 37 heavy (non-hydrogen) atoms. The molecule has 9 nitrogen and oxygen atoms in total. The third-order valence-electron chi connectivity index (χ3n) is 6.57. The van der Waals surface area contributed by atoms with E-state index >= 15 is 0 Å². The summed E-state index contributed by atoms with van der Waals surface area (Å²) in [5.41, 5.74) is 0.675. The van der Waals surface area contributed by atoms with Crippen LogP contribution in [0.4, 0.5) is 10.1 Å². The van der Waals surface area contributed by atoms with E-state index in [9.17, 15) is 24.1 Å². The number of halogens is 1. The number of aromatic nitrogens is 2. The minimum Gasteiger partial charge on any atom is -0.466 e. The summed E-state index contributed by atoms with van der Waals surface area (Å²) in [5.74, 6) is -1.27. The highest BCUT2D eigenvalue weighted by Gasteiger charge is 2.51. The van der Waals surface area contributed by atoms with Crippen LogP contribution in [0.15, 0.2) is 60.9 Å². The maximum absolute atomic E-state index is 13.2. The van der Waals surface area contributed by atoms with Crippen LogP contribution in [-0.2, 0) is 20.7 Å². The van der Waals surface area contributed by atoms with Crippen LogP contribution in [0, 0.1) is 27.3 Å². The molecule has 1 saturated carbocycles. The van der Waals surface area contributed by atoms with Gasteiger partial charge >= 0.3 is 11.9 Å². The molecule has 0 aliphatic heterocycles. The lowest BCUT2D eigenvalue weighted by atomic mass is 9.79. The van der Waals surface area contributed by atoms with Crippen molar-refractivity contribution in [1.29, 1.82) is 0 Å². The molecular weight excluding hydrogens is 481 g/mol. The number of carbonyl (C=O) groups excluding carboxylic acids is 2. The standard InChI is InChI=1S/C27H26FN3O6/c1-3-36-26(33)27(13-18-5-4-6-20(11-18)24-29-15-21(28)16-30-24)12-17(2)23(14-27)37-25(32)19-7-9-22(10-8-19)31(34)35/h4-11,15-17,23H,3,12-14H2,1-2H3/t17-,23+,27-/m1/s1. The summed E-state index contributed by atoms with van der Waals surface area (Å²) >= 11 is 0. The van der Waals surface area contributed by atoms with Crippen LogP contribution in [0.1, 0.15) is 42.6 Å². The number of nitro groups is 1. The van der Waals surface area contributed by atoms with Crippen molar-refractivity contribution < 1.29 is 28.4 Å². The van der Waals surface area contributed by atoms with Crippen LogP contribution >= 0.6 is 0 Å². The normalized spacial score (nSPS) is 20.8. The number of carbonyl (C=O) groups is 2. The van der Waals surface area contributed by atoms with E-state index in [1.807, 2.05) is 25.1 Å². The zero-order valence-corrected chi connectivity index (χ0v) is 20.4. The van der Waals surface area contributed by atoms with E-state index in [0.29, 0.717) is 24.2 Å². The number of ether oxygens (including phenoxy) is 2. The maximum atomic E-state index is 13.2. The predicted octanol–water partition coefficient (Wildman–Crippen LogP) is 4.94. The highest BCUT2D eigenvalue weighted by Crippen LogP contribution is 2.47. The van der Waals surface area contributed by atoms with Crippen LogP contribution in [-0.4, -0.2) is 39.5 Å². The molecule has 0 bridgehead atoms. The Morgan fingerprint density at radius 2 is 1.84 bits per heavy atom. The van der Waals surface area contributed by atoms with Crippen LogP contribution in [0.5, 0.6) is 0 Å². The predicted molar refractivity (Wildman–Crippen MR) is 131 cm³/mol. The minimum absolute atomic E-state index is 0.125. The van der Waals surface area contributed by atoms with Gasteiger partial charge in [0.2, 0.25) is 0 Å². The van der Waals surface area contributed by atoms with Gasteiger partial charge in [0, 0.05) is 24.1 Å². The van der Waals surface area contributed by atoms with E-state index in [1.54, 1.807) is 13.0 Å². The summed E-state index contributed by atoms with van der Waals surface area (Å²) in [5, 5.41) is 10.9. The fraction of sp³-hybridized carbons (Fsp3) is 0.333. The summed E-state index contributed by atoms with van der Waals surface area (Å²) in [7, 11) is 0. The van der Waals surface area contributed by atoms with Crippen molar-refractivity contribution in [3.05, 3.63) is 88.0 Å². The molecule has 0 amide bonds. The van der Waals surface area contributed by atoms with E-state index in [1.165, 1.54) is 24.3 Å². The number of nitrogens with zero attached hydrogens (tertiary/aromatic N) is 3. The first kappa shape index (κ1) is 25.9. The monoisotopic (exact) mass is 507 g/mol. The van der Waals surface area contributed by atoms with Gasteiger partial charge in [0.15, 0.2) is 11.6 Å². The second-order valence-corrected chi connectivity index (χ2v) is 9.24. The van der Waals surface area contributed by atoms with Gasteiger partial charge in [-0.1, -0.05) is 25.1 Å². The summed E-state index contributed by atoms with van der Waals surface area (Å²) in [6.45, 7) is 3.87. The van der Waals surface area contributed by atoms with Gasteiger partial charge in [-0.25, -0.2) is 19.2 Å². The number of benzene rings is 2. The number of hydrogen-bond acceptors (Lipinski definition) is 8. The smallest absolute Gasteiger partial charge is 0.338 e. The van der Waals surface area contributed by atoms with Gasteiger partial charge in [0.25, 0.3) is 5.69 Å². The molecular formula is C27H26FN3O6. The van der Waals surface area contributed by atoms with Crippen LogP contribution in [0.2, 0.25) is 0 Å². The Morgan fingerprint density at radius 3 is 2.49 bits per heavy atom. The van der Waals surface area contributed by atoms with Gasteiger partial charge < -0.3 is 9.47 Å². The fourth-order valence-electron chi connectivity index (χ4n) is 4.84. The zero-order valence-electron chi connectivity index (χ0n) is 20.4. The average molecular weight is 508 g/mol. The van der Waals surface area contributed by atoms with Crippen molar-refractivity contribution in [1.82, 2.24) is 9.97 Å². The molecule has 1 aromatic heterocycles. The average Bonchev–Trinajstić information content (AvgIpc) is 3.20. The molecule has 1 aliphatic rings. The quantitative estimate of drug-likeness (QED) is 0.239. The van der Waals surface area contributed by atoms with Crippen molar-refractivity contribution in [2.24, 2.45) is 11.3 Å². The molecule has 192 valence electrons. The van der Waals surface area contributed by atoms with Crippen molar-refractivity contribution in [3.63, 3.8) is 0 Å². The second-order valence-electron chi connectivity index (χ2n) is 9.24. The maximum Gasteiger partial charge on any atom is 0.338 e. The van der Waals surface area contributed by atoms with Crippen LogP contribution in [0.3, 0.4) is 0 Å². The molecule has 1 aliphatic carbocycles. The SMILES string of the molecule is CCOC(=O)[C@@]1(Cc2cccc(-c3ncc(F)cn3)c2)C[C@@H](C)[C@@H](OC(=O)c2ccc([N+](=O)[O-])cc2)C1. The van der Waals surface area contributed by atoms with E-state index < -0.39 is 28.2 Å². The van der Waals surface area contributed by atoms with Crippen molar-refractivity contribution in [3.8, 4) is 11.4 Å². The molecule has 3 atom stereocenters. The molecule has 3 aromatic rings. The van der Waals surface area contributed by atoms with E-state index in [4.69, 9.17) is 9.47 Å². The number of non-ortho nitro benzene ring substituents is 1. The lowest BCUT2D eigenvalue weighted by molar-refractivity contribution is -0.384. The van der Waals surface area contributed by atoms with E-state index in [2.05, 4.69) is 9.97 Å². The van der Waals surface area contributed by atoms with Gasteiger partial charge in [0.05, 0.1) is 34.9 Å². The molecule has 0 spiro atoms. The highest BCUT2D eigenvalue weighted by atomic mass is 19.1. The van der Waals surface area contributed by atoms with Gasteiger partial charge in [-0.15, -0.1) is 0 Å².